The Morgan fingerprint density at radius 1 is 1.16 bits per heavy atom. The van der Waals surface area contributed by atoms with Crippen LogP contribution in [0.1, 0.15) is 5.69 Å². The maximum Gasteiger partial charge on any atom is 0.309 e. The van der Waals surface area contributed by atoms with Gasteiger partial charge in [-0.15, -0.1) is 0 Å². The summed E-state index contributed by atoms with van der Waals surface area (Å²) in [4.78, 5) is 14.2. The summed E-state index contributed by atoms with van der Waals surface area (Å²) in [6.07, 6.45) is -0.672. The zero-order valence-electron chi connectivity index (χ0n) is 9.53. The van der Waals surface area contributed by atoms with E-state index in [1.165, 1.54) is 18.2 Å². The summed E-state index contributed by atoms with van der Waals surface area (Å²) in [6, 6.07) is 5.51. The summed E-state index contributed by atoms with van der Waals surface area (Å²) < 4.78 is 40.0. The third kappa shape index (κ3) is 2.90. The van der Waals surface area contributed by atoms with Crippen molar-refractivity contribution in [1.82, 2.24) is 4.98 Å². The highest BCUT2D eigenvalue weighted by Crippen LogP contribution is 2.23. The van der Waals surface area contributed by atoms with Gasteiger partial charge in [-0.1, -0.05) is 12.1 Å². The van der Waals surface area contributed by atoms with Crippen LogP contribution >= 0.6 is 0 Å². The first kappa shape index (κ1) is 13.1. The quantitative estimate of drug-likeness (QED) is 0.930. The Morgan fingerprint density at radius 3 is 2.53 bits per heavy atom. The Hall–Kier alpha value is -2.37. The molecule has 6 heteroatoms. The summed E-state index contributed by atoms with van der Waals surface area (Å²) in [7, 11) is 0. The van der Waals surface area contributed by atoms with Crippen LogP contribution in [0.4, 0.5) is 13.2 Å². The second-order valence-corrected chi connectivity index (χ2v) is 3.83. The molecule has 0 atom stereocenters. The smallest absolute Gasteiger partial charge is 0.309 e. The third-order valence-electron chi connectivity index (χ3n) is 2.42. The van der Waals surface area contributed by atoms with Gasteiger partial charge >= 0.3 is 5.97 Å². The topological polar surface area (TPSA) is 50.2 Å². The van der Waals surface area contributed by atoms with E-state index in [9.17, 15) is 18.0 Å². The number of rotatable bonds is 3. The van der Waals surface area contributed by atoms with E-state index in [0.717, 1.165) is 6.07 Å². The van der Waals surface area contributed by atoms with E-state index in [2.05, 4.69) is 4.98 Å². The number of aromatic nitrogens is 1. The van der Waals surface area contributed by atoms with Crippen molar-refractivity contribution in [3.05, 3.63) is 53.5 Å². The molecule has 2 rings (SSSR count). The van der Waals surface area contributed by atoms with Crippen LogP contribution in [0.3, 0.4) is 0 Å². The Balaban J connectivity index is 2.54. The first-order valence-electron chi connectivity index (χ1n) is 5.30. The molecule has 1 aromatic carbocycles. The Morgan fingerprint density at radius 2 is 1.89 bits per heavy atom. The van der Waals surface area contributed by atoms with Crippen LogP contribution in [-0.2, 0) is 11.2 Å². The first-order valence-corrected chi connectivity index (χ1v) is 5.30. The number of hydrogen-bond donors (Lipinski definition) is 1. The summed E-state index contributed by atoms with van der Waals surface area (Å²) in [5.74, 6) is -3.90. The molecule has 0 bridgehead atoms. The number of carbonyl (C=O) groups is 1. The van der Waals surface area contributed by atoms with Gasteiger partial charge in [0.15, 0.2) is 5.82 Å². The highest BCUT2D eigenvalue weighted by atomic mass is 19.1. The number of carboxylic acids is 1. The Bertz CT molecular complexity index is 644. The largest absolute Gasteiger partial charge is 0.481 e. The maximum absolute atomic E-state index is 13.6. The van der Waals surface area contributed by atoms with Crippen LogP contribution in [0.5, 0.6) is 0 Å². The van der Waals surface area contributed by atoms with Crippen molar-refractivity contribution in [3.8, 4) is 11.3 Å². The van der Waals surface area contributed by atoms with E-state index in [0.29, 0.717) is 6.07 Å². The van der Waals surface area contributed by atoms with Crippen molar-refractivity contribution in [2.24, 2.45) is 0 Å². The molecule has 3 nitrogen and oxygen atoms in total. The third-order valence-corrected chi connectivity index (χ3v) is 2.42. The number of aliphatic carboxylic acids is 1. The van der Waals surface area contributed by atoms with Crippen molar-refractivity contribution >= 4 is 5.97 Å². The molecule has 0 aliphatic carbocycles. The molecule has 2 aromatic rings. The maximum atomic E-state index is 13.6. The summed E-state index contributed by atoms with van der Waals surface area (Å²) in [5.41, 5.74) is -0.561. The molecule has 98 valence electrons. The lowest BCUT2D eigenvalue weighted by Gasteiger charge is -2.06. The molecule has 0 fully saturated rings. The summed E-state index contributed by atoms with van der Waals surface area (Å²) in [5, 5.41) is 8.61. The van der Waals surface area contributed by atoms with Gasteiger partial charge in [-0.05, 0) is 12.1 Å². The number of halogens is 3. The Kier molecular flexibility index (Phi) is 3.50. The van der Waals surface area contributed by atoms with Crippen LogP contribution in [0.25, 0.3) is 11.3 Å². The van der Waals surface area contributed by atoms with Crippen molar-refractivity contribution in [2.75, 3.05) is 0 Å². The molecule has 0 aliphatic rings. The van der Waals surface area contributed by atoms with Gasteiger partial charge in [0.1, 0.15) is 17.3 Å². The van der Waals surface area contributed by atoms with E-state index in [-0.39, 0.29) is 11.3 Å². The number of carboxylic acid groups (broad SMARTS) is 1. The van der Waals surface area contributed by atoms with Gasteiger partial charge in [0.05, 0.1) is 12.1 Å². The molecule has 0 saturated heterocycles. The van der Waals surface area contributed by atoms with Crippen LogP contribution in [-0.4, -0.2) is 16.1 Å². The summed E-state index contributed by atoms with van der Waals surface area (Å²) >= 11 is 0. The zero-order chi connectivity index (χ0) is 14.0. The minimum Gasteiger partial charge on any atom is -0.481 e. The normalized spacial score (nSPS) is 10.5. The van der Waals surface area contributed by atoms with Gasteiger partial charge in [0, 0.05) is 11.6 Å². The number of hydrogen-bond acceptors (Lipinski definition) is 2. The molecular formula is C13H8F3NO2. The van der Waals surface area contributed by atoms with Crippen molar-refractivity contribution in [3.63, 3.8) is 0 Å². The lowest BCUT2D eigenvalue weighted by Crippen LogP contribution is -2.07. The molecule has 0 radical (unpaired) electrons. The average Bonchev–Trinajstić information content (AvgIpc) is 2.32. The standard InChI is InChI=1S/C13H8F3NO2/c14-8-3-1-2-7(4-8)13-10(16)5-9(15)11(17-13)6-12(18)19/h1-5H,6H2,(H,18,19). The predicted molar refractivity (Wildman–Crippen MR) is 60.9 cm³/mol. The molecule has 0 unspecified atom stereocenters. The van der Waals surface area contributed by atoms with E-state index < -0.39 is 35.5 Å². The minimum absolute atomic E-state index is 0.115. The molecule has 1 N–H and O–H groups in total. The van der Waals surface area contributed by atoms with Crippen molar-refractivity contribution in [2.45, 2.75) is 6.42 Å². The monoisotopic (exact) mass is 267 g/mol. The lowest BCUT2D eigenvalue weighted by molar-refractivity contribution is -0.136. The number of benzene rings is 1. The van der Waals surface area contributed by atoms with E-state index in [4.69, 9.17) is 5.11 Å². The molecule has 1 aromatic heterocycles. The summed E-state index contributed by atoms with van der Waals surface area (Å²) in [6.45, 7) is 0. The molecule has 1 heterocycles. The van der Waals surface area contributed by atoms with Gasteiger partial charge in [-0.3, -0.25) is 4.79 Å². The van der Waals surface area contributed by atoms with Gasteiger partial charge in [0.25, 0.3) is 0 Å². The fourth-order valence-electron chi connectivity index (χ4n) is 1.61. The number of pyridine rings is 1. The van der Waals surface area contributed by atoms with Crippen molar-refractivity contribution in [1.29, 1.82) is 0 Å². The van der Waals surface area contributed by atoms with Crippen LogP contribution in [0, 0.1) is 17.5 Å². The number of nitrogens with zero attached hydrogens (tertiary/aromatic N) is 1. The zero-order valence-corrected chi connectivity index (χ0v) is 9.53. The molecule has 0 aliphatic heterocycles. The second-order valence-electron chi connectivity index (χ2n) is 3.83. The average molecular weight is 267 g/mol. The lowest BCUT2D eigenvalue weighted by atomic mass is 10.1. The minimum atomic E-state index is -1.29. The first-order chi connectivity index (χ1) is 8.97. The molecular weight excluding hydrogens is 259 g/mol. The fourth-order valence-corrected chi connectivity index (χ4v) is 1.61. The van der Waals surface area contributed by atoms with Crippen LogP contribution in [0.15, 0.2) is 30.3 Å². The van der Waals surface area contributed by atoms with Crippen LogP contribution in [0.2, 0.25) is 0 Å². The van der Waals surface area contributed by atoms with Gasteiger partial charge in [-0.2, -0.15) is 0 Å². The van der Waals surface area contributed by atoms with E-state index in [1.807, 2.05) is 0 Å². The predicted octanol–water partition coefficient (Wildman–Crippen LogP) is 2.79. The molecule has 19 heavy (non-hydrogen) atoms. The van der Waals surface area contributed by atoms with Gasteiger partial charge in [-0.25, -0.2) is 18.2 Å². The van der Waals surface area contributed by atoms with Crippen molar-refractivity contribution < 1.29 is 23.1 Å². The molecule has 0 saturated carbocycles. The van der Waals surface area contributed by atoms with E-state index in [1.54, 1.807) is 0 Å². The van der Waals surface area contributed by atoms with E-state index >= 15 is 0 Å². The Labute approximate surface area is 106 Å². The van der Waals surface area contributed by atoms with Crippen LogP contribution < -0.4 is 0 Å². The molecule has 0 spiro atoms. The highest BCUT2D eigenvalue weighted by Gasteiger charge is 2.15. The van der Waals surface area contributed by atoms with Gasteiger partial charge < -0.3 is 5.11 Å². The molecule has 0 amide bonds. The van der Waals surface area contributed by atoms with Gasteiger partial charge in [0.2, 0.25) is 0 Å². The second kappa shape index (κ2) is 5.09. The SMILES string of the molecule is O=C(O)Cc1nc(-c2cccc(F)c2)c(F)cc1F. The fraction of sp³-hybridized carbons (Fsp3) is 0.0769. The highest BCUT2D eigenvalue weighted by molar-refractivity contribution is 5.70.